The molecule has 0 atom stereocenters. The first kappa shape index (κ1) is 22.3. The highest BCUT2D eigenvalue weighted by Crippen LogP contribution is 2.43. The highest BCUT2D eigenvalue weighted by Gasteiger charge is 2.19. The largest absolute Gasteiger partial charge is 0.456 e. The van der Waals surface area contributed by atoms with Crippen LogP contribution in [0.3, 0.4) is 0 Å². The summed E-state index contributed by atoms with van der Waals surface area (Å²) in [4.78, 5) is 0. The van der Waals surface area contributed by atoms with Crippen LogP contribution in [0.4, 0.5) is 0 Å². The predicted molar refractivity (Wildman–Crippen MR) is 171 cm³/mol. The molecule has 0 unspecified atom stereocenters. The minimum Gasteiger partial charge on any atom is -0.456 e. The Hall–Kier alpha value is -4.57. The molecular formula is C36H20ClNOS. The molecule has 9 aromatic rings. The van der Waals surface area contributed by atoms with Crippen molar-refractivity contribution in [3.63, 3.8) is 0 Å². The number of furan rings is 1. The molecule has 3 aromatic heterocycles. The van der Waals surface area contributed by atoms with Crippen molar-refractivity contribution in [2.24, 2.45) is 0 Å². The lowest BCUT2D eigenvalue weighted by Gasteiger charge is -2.11. The number of aromatic nitrogens is 1. The van der Waals surface area contributed by atoms with Gasteiger partial charge in [0.25, 0.3) is 0 Å². The predicted octanol–water partition coefficient (Wildman–Crippen LogP) is 11.4. The maximum Gasteiger partial charge on any atom is 0.137 e. The van der Waals surface area contributed by atoms with E-state index in [1.165, 1.54) is 42.1 Å². The van der Waals surface area contributed by atoms with E-state index in [2.05, 4.69) is 102 Å². The summed E-state index contributed by atoms with van der Waals surface area (Å²) in [5.41, 5.74) is 7.34. The van der Waals surface area contributed by atoms with Crippen LogP contribution in [0, 0.1) is 0 Å². The van der Waals surface area contributed by atoms with Crippen molar-refractivity contribution < 1.29 is 4.42 Å². The molecule has 0 aliphatic carbocycles. The zero-order chi connectivity index (χ0) is 26.4. The molecule has 0 aliphatic rings. The Balaban J connectivity index is 1.33. The molecule has 0 spiro atoms. The lowest BCUT2D eigenvalue weighted by atomic mass is 10.0. The highest BCUT2D eigenvalue weighted by molar-refractivity contribution is 7.26. The molecule has 4 heteroatoms. The van der Waals surface area contributed by atoms with E-state index in [9.17, 15) is 0 Å². The summed E-state index contributed by atoms with van der Waals surface area (Å²) < 4.78 is 11.0. The summed E-state index contributed by atoms with van der Waals surface area (Å²) in [6.07, 6.45) is 0. The molecule has 0 amide bonds. The van der Waals surface area contributed by atoms with Gasteiger partial charge < -0.3 is 8.98 Å². The van der Waals surface area contributed by atoms with Crippen LogP contribution in [-0.4, -0.2) is 4.57 Å². The van der Waals surface area contributed by atoms with Crippen molar-refractivity contribution in [1.82, 2.24) is 4.57 Å². The molecule has 0 bridgehead atoms. The first-order valence-electron chi connectivity index (χ1n) is 13.3. The van der Waals surface area contributed by atoms with Gasteiger partial charge in [-0.05, 0) is 53.6 Å². The Kier molecular flexibility index (Phi) is 4.57. The minimum atomic E-state index is 0.698. The zero-order valence-corrected chi connectivity index (χ0v) is 22.8. The van der Waals surface area contributed by atoms with Gasteiger partial charge in [-0.1, -0.05) is 90.5 Å². The van der Waals surface area contributed by atoms with Crippen LogP contribution in [0.1, 0.15) is 0 Å². The summed E-state index contributed by atoms with van der Waals surface area (Å²) in [7, 11) is 0. The summed E-state index contributed by atoms with van der Waals surface area (Å²) >= 11 is 9.07. The van der Waals surface area contributed by atoms with Crippen LogP contribution in [0.25, 0.3) is 80.7 Å². The number of para-hydroxylation sites is 2. The summed E-state index contributed by atoms with van der Waals surface area (Å²) in [5.74, 6) is 0. The highest BCUT2D eigenvalue weighted by atomic mass is 35.5. The summed E-state index contributed by atoms with van der Waals surface area (Å²) in [5, 5.41) is 7.73. The van der Waals surface area contributed by atoms with E-state index in [-0.39, 0.29) is 0 Å². The monoisotopic (exact) mass is 549 g/mol. The van der Waals surface area contributed by atoms with E-state index in [4.69, 9.17) is 16.0 Å². The molecule has 40 heavy (non-hydrogen) atoms. The third-order valence-corrected chi connectivity index (χ3v) is 9.69. The lowest BCUT2D eigenvalue weighted by molar-refractivity contribution is 0.669. The van der Waals surface area contributed by atoms with Gasteiger partial charge in [0.2, 0.25) is 0 Å². The Labute approximate surface area is 238 Å². The van der Waals surface area contributed by atoms with Crippen LogP contribution in [0.2, 0.25) is 5.02 Å². The third kappa shape index (κ3) is 2.99. The number of hydrogen-bond donors (Lipinski definition) is 0. The Morgan fingerprint density at radius 2 is 1.32 bits per heavy atom. The molecule has 0 N–H and O–H groups in total. The Morgan fingerprint density at radius 3 is 2.25 bits per heavy atom. The standard InChI is InChI=1S/C36H20ClNOS/c37-35-30(18-19-32-34(35)26-10-2-5-14-31(26)39-32)38-28-13-4-1-8-23(28)27-20-21(16-17-29(27)38)22-11-7-12-25-24-9-3-6-15-33(24)40-36(22)25/h1-20H. The quantitative estimate of drug-likeness (QED) is 0.210. The molecule has 0 saturated heterocycles. The number of hydrogen-bond acceptors (Lipinski definition) is 2. The van der Waals surface area contributed by atoms with Crippen molar-refractivity contribution in [2.75, 3.05) is 0 Å². The third-order valence-electron chi connectivity index (χ3n) is 8.09. The molecule has 0 radical (unpaired) electrons. The Bertz CT molecular complexity index is 2460. The van der Waals surface area contributed by atoms with Gasteiger partial charge in [-0.15, -0.1) is 11.3 Å². The minimum absolute atomic E-state index is 0.698. The lowest BCUT2D eigenvalue weighted by Crippen LogP contribution is -1.95. The molecule has 6 aromatic carbocycles. The van der Waals surface area contributed by atoms with Crippen molar-refractivity contribution in [3.05, 3.63) is 126 Å². The van der Waals surface area contributed by atoms with Crippen molar-refractivity contribution in [1.29, 1.82) is 0 Å². The molecule has 2 nitrogen and oxygen atoms in total. The van der Waals surface area contributed by atoms with Gasteiger partial charge in [-0.2, -0.15) is 0 Å². The average molecular weight is 550 g/mol. The molecule has 9 rings (SSSR count). The van der Waals surface area contributed by atoms with Gasteiger partial charge in [0.1, 0.15) is 11.2 Å². The number of nitrogens with zero attached hydrogens (tertiary/aromatic N) is 1. The number of halogens is 1. The second-order valence-corrected chi connectivity index (χ2v) is 11.7. The second kappa shape index (κ2) is 8.22. The van der Waals surface area contributed by atoms with Gasteiger partial charge in [0.15, 0.2) is 0 Å². The van der Waals surface area contributed by atoms with Crippen LogP contribution in [0.15, 0.2) is 126 Å². The van der Waals surface area contributed by atoms with E-state index in [1.54, 1.807) is 0 Å². The van der Waals surface area contributed by atoms with Crippen molar-refractivity contribution in [3.8, 4) is 16.8 Å². The van der Waals surface area contributed by atoms with Gasteiger partial charge in [0.05, 0.1) is 21.7 Å². The van der Waals surface area contributed by atoms with Gasteiger partial charge in [0, 0.05) is 41.7 Å². The van der Waals surface area contributed by atoms with Crippen LogP contribution in [0.5, 0.6) is 0 Å². The average Bonchev–Trinajstić information content (AvgIpc) is 3.67. The smallest absolute Gasteiger partial charge is 0.137 e. The van der Waals surface area contributed by atoms with E-state index in [1.807, 2.05) is 35.6 Å². The van der Waals surface area contributed by atoms with Crippen LogP contribution >= 0.6 is 22.9 Å². The fraction of sp³-hybridized carbons (Fsp3) is 0. The number of fused-ring (bicyclic) bond motifs is 9. The molecule has 0 saturated carbocycles. The zero-order valence-electron chi connectivity index (χ0n) is 21.2. The van der Waals surface area contributed by atoms with E-state index in [0.29, 0.717) is 5.02 Å². The van der Waals surface area contributed by atoms with Crippen LogP contribution in [-0.2, 0) is 0 Å². The summed E-state index contributed by atoms with van der Waals surface area (Å²) in [6.45, 7) is 0. The SMILES string of the molecule is Clc1c(-n2c3ccccc3c3cc(-c4cccc5c4sc4ccccc45)ccc32)ccc2oc3ccccc3c12. The molecule has 0 aliphatic heterocycles. The molecule has 3 heterocycles. The normalized spacial score (nSPS) is 12.1. The maximum absolute atomic E-state index is 7.21. The van der Waals surface area contributed by atoms with E-state index in [0.717, 1.165) is 38.7 Å². The first-order chi connectivity index (χ1) is 19.8. The Morgan fingerprint density at radius 1 is 0.575 bits per heavy atom. The summed E-state index contributed by atoms with van der Waals surface area (Å²) in [6, 6.07) is 42.9. The molecule has 188 valence electrons. The van der Waals surface area contributed by atoms with E-state index >= 15 is 0 Å². The van der Waals surface area contributed by atoms with Gasteiger partial charge in [-0.25, -0.2) is 0 Å². The maximum atomic E-state index is 7.21. The molecular weight excluding hydrogens is 530 g/mol. The topological polar surface area (TPSA) is 18.1 Å². The fourth-order valence-electron chi connectivity index (χ4n) is 6.31. The van der Waals surface area contributed by atoms with Crippen molar-refractivity contribution in [2.45, 2.75) is 0 Å². The first-order valence-corrected chi connectivity index (χ1v) is 14.5. The fourth-order valence-corrected chi connectivity index (χ4v) is 7.89. The molecule has 0 fully saturated rings. The van der Waals surface area contributed by atoms with E-state index < -0.39 is 0 Å². The van der Waals surface area contributed by atoms with Gasteiger partial charge >= 0.3 is 0 Å². The number of rotatable bonds is 2. The van der Waals surface area contributed by atoms with Gasteiger partial charge in [-0.3, -0.25) is 0 Å². The number of benzene rings is 6. The van der Waals surface area contributed by atoms with Crippen LogP contribution < -0.4 is 0 Å². The van der Waals surface area contributed by atoms with Crippen molar-refractivity contribution >= 4 is 86.9 Å². The second-order valence-electron chi connectivity index (χ2n) is 10.2. The number of thiophene rings is 1.